The molecule has 1 rings (SSSR count). The third-order valence-electron chi connectivity index (χ3n) is 2.48. The van der Waals surface area contributed by atoms with Crippen LogP contribution in [0.2, 0.25) is 0 Å². The summed E-state index contributed by atoms with van der Waals surface area (Å²) >= 11 is 0. The molecule has 1 aromatic rings. The molecule has 15 heavy (non-hydrogen) atoms. The van der Waals surface area contributed by atoms with Gasteiger partial charge in [0.2, 0.25) is 0 Å². The van der Waals surface area contributed by atoms with Gasteiger partial charge in [0.25, 0.3) is 0 Å². The van der Waals surface area contributed by atoms with Gasteiger partial charge in [0.15, 0.2) is 12.4 Å². The number of nitrogens with zero attached hydrogens (tertiary/aromatic N) is 1. The molecule has 0 aliphatic carbocycles. The Bertz CT molecular complexity index is 234. The van der Waals surface area contributed by atoms with Crippen LogP contribution in [0.15, 0.2) is 30.6 Å². The molecule has 0 N–H and O–H groups in total. The van der Waals surface area contributed by atoms with Crippen LogP contribution in [0.3, 0.4) is 0 Å². The summed E-state index contributed by atoms with van der Waals surface area (Å²) in [5, 5.41) is 0. The minimum Gasteiger partial charge on any atom is -1.00 e. The third-order valence-corrected chi connectivity index (χ3v) is 2.48. The Labute approximate surface area is 99.9 Å². The van der Waals surface area contributed by atoms with E-state index in [0.717, 1.165) is 5.92 Å². The van der Waals surface area contributed by atoms with E-state index >= 15 is 0 Å². The largest absolute Gasteiger partial charge is 1.00 e. The van der Waals surface area contributed by atoms with Crippen LogP contribution in [0.4, 0.5) is 0 Å². The number of unbranched alkanes of at least 4 members (excludes halogenated alkanes) is 2. The molecular weight excluding hydrogens is 206 g/mol. The molecule has 0 aromatic carbocycles. The topological polar surface area (TPSA) is 3.88 Å². The highest BCUT2D eigenvalue weighted by atomic mass is 35.5. The van der Waals surface area contributed by atoms with Crippen LogP contribution in [-0.4, -0.2) is 0 Å². The highest BCUT2D eigenvalue weighted by Gasteiger charge is 1.98. The predicted molar refractivity (Wildman–Crippen MR) is 59.9 cm³/mol. The molecule has 0 unspecified atom stereocenters. The lowest BCUT2D eigenvalue weighted by Gasteiger charge is -2.02. The van der Waals surface area contributed by atoms with Gasteiger partial charge < -0.3 is 12.4 Å². The van der Waals surface area contributed by atoms with E-state index in [1.54, 1.807) is 0 Å². The molecule has 0 spiro atoms. The molecule has 0 amide bonds. The van der Waals surface area contributed by atoms with Gasteiger partial charge in [0.1, 0.15) is 6.54 Å². The average Bonchev–Trinajstić information content (AvgIpc) is 2.18. The van der Waals surface area contributed by atoms with Crippen LogP contribution < -0.4 is 17.0 Å². The monoisotopic (exact) mass is 227 g/mol. The van der Waals surface area contributed by atoms with Crippen molar-refractivity contribution in [3.63, 3.8) is 0 Å². The van der Waals surface area contributed by atoms with E-state index < -0.39 is 0 Å². The number of aromatic nitrogens is 1. The lowest BCUT2D eigenvalue weighted by atomic mass is 10.1. The highest BCUT2D eigenvalue weighted by Crippen LogP contribution is 2.07. The standard InChI is InChI=1S/C13H22N.ClH/c1-13(2)9-5-3-6-10-14-11-7-4-8-12-14;/h4,7-8,11-13H,3,5-6,9-10H2,1-2H3;1H/q+1;/p-1. The lowest BCUT2D eigenvalue weighted by Crippen LogP contribution is -3.00. The van der Waals surface area contributed by atoms with Crippen LogP contribution in [0.1, 0.15) is 39.5 Å². The number of pyridine rings is 1. The van der Waals surface area contributed by atoms with Gasteiger partial charge in [0, 0.05) is 18.6 Å². The van der Waals surface area contributed by atoms with Crippen LogP contribution in [0, 0.1) is 5.92 Å². The van der Waals surface area contributed by atoms with Gasteiger partial charge in [0.05, 0.1) is 0 Å². The first-order valence-electron chi connectivity index (χ1n) is 5.73. The minimum atomic E-state index is 0. The number of hydrogen-bond donors (Lipinski definition) is 0. The van der Waals surface area contributed by atoms with Crippen molar-refractivity contribution >= 4 is 0 Å². The van der Waals surface area contributed by atoms with Crippen molar-refractivity contribution in [2.24, 2.45) is 5.92 Å². The van der Waals surface area contributed by atoms with E-state index in [9.17, 15) is 0 Å². The number of aryl methyl sites for hydroxylation is 1. The number of hydrogen-bond acceptors (Lipinski definition) is 0. The number of rotatable bonds is 6. The molecule has 86 valence electrons. The zero-order valence-electron chi connectivity index (χ0n) is 9.82. The van der Waals surface area contributed by atoms with Crippen molar-refractivity contribution in [1.29, 1.82) is 0 Å². The minimum absolute atomic E-state index is 0. The third kappa shape index (κ3) is 7.38. The van der Waals surface area contributed by atoms with Gasteiger partial charge in [-0.2, -0.15) is 0 Å². The summed E-state index contributed by atoms with van der Waals surface area (Å²) in [5.74, 6) is 0.861. The Morgan fingerprint density at radius 3 is 2.20 bits per heavy atom. The fraction of sp³-hybridized carbons (Fsp3) is 0.615. The van der Waals surface area contributed by atoms with Gasteiger partial charge in [-0.25, -0.2) is 4.57 Å². The Morgan fingerprint density at radius 2 is 1.60 bits per heavy atom. The molecule has 0 aliphatic heterocycles. The van der Waals surface area contributed by atoms with Crippen molar-refractivity contribution in [1.82, 2.24) is 0 Å². The summed E-state index contributed by atoms with van der Waals surface area (Å²) in [6.45, 7) is 5.76. The first kappa shape index (κ1) is 14.4. The van der Waals surface area contributed by atoms with Crippen molar-refractivity contribution < 1.29 is 17.0 Å². The van der Waals surface area contributed by atoms with Crippen molar-refractivity contribution in [3.05, 3.63) is 30.6 Å². The van der Waals surface area contributed by atoms with E-state index in [1.165, 1.54) is 32.2 Å². The van der Waals surface area contributed by atoms with E-state index in [-0.39, 0.29) is 12.4 Å². The van der Waals surface area contributed by atoms with Gasteiger partial charge in [-0.1, -0.05) is 32.8 Å². The van der Waals surface area contributed by atoms with Crippen LogP contribution in [-0.2, 0) is 6.54 Å². The molecule has 0 radical (unpaired) electrons. The molecule has 0 fully saturated rings. The van der Waals surface area contributed by atoms with Gasteiger partial charge >= 0.3 is 0 Å². The van der Waals surface area contributed by atoms with E-state index in [0.29, 0.717) is 0 Å². The first-order valence-corrected chi connectivity index (χ1v) is 5.73. The average molecular weight is 228 g/mol. The Hall–Kier alpha value is -0.560. The van der Waals surface area contributed by atoms with Crippen LogP contribution >= 0.6 is 0 Å². The molecule has 1 nitrogen and oxygen atoms in total. The maximum atomic E-state index is 2.30. The van der Waals surface area contributed by atoms with Gasteiger partial charge in [-0.15, -0.1) is 0 Å². The predicted octanol–water partition coefficient (Wildman–Crippen LogP) is 0.195. The summed E-state index contributed by atoms with van der Waals surface area (Å²) < 4.78 is 2.26. The normalized spacial score (nSPS) is 10.1. The Kier molecular flexibility index (Phi) is 8.40. The molecule has 0 aliphatic rings. The van der Waals surface area contributed by atoms with Crippen LogP contribution in [0.25, 0.3) is 0 Å². The molecule has 1 aromatic heterocycles. The fourth-order valence-corrected chi connectivity index (χ4v) is 1.61. The maximum absolute atomic E-state index is 2.30. The molecule has 1 heterocycles. The van der Waals surface area contributed by atoms with E-state index in [2.05, 4.69) is 49.0 Å². The van der Waals surface area contributed by atoms with Gasteiger partial charge in [-0.3, -0.25) is 0 Å². The second-order valence-corrected chi connectivity index (χ2v) is 4.36. The molecule has 0 saturated heterocycles. The molecule has 0 saturated carbocycles. The summed E-state index contributed by atoms with van der Waals surface area (Å²) in [7, 11) is 0. The second-order valence-electron chi connectivity index (χ2n) is 4.36. The Balaban J connectivity index is 0.00000196. The summed E-state index contributed by atoms with van der Waals surface area (Å²) in [5.41, 5.74) is 0. The molecular formula is C13H22ClN. The first-order chi connectivity index (χ1) is 6.79. The van der Waals surface area contributed by atoms with Crippen molar-refractivity contribution in [2.75, 3.05) is 0 Å². The maximum Gasteiger partial charge on any atom is 0.168 e. The molecule has 2 heteroatoms. The van der Waals surface area contributed by atoms with Crippen molar-refractivity contribution in [2.45, 2.75) is 46.1 Å². The zero-order chi connectivity index (χ0) is 10.2. The lowest BCUT2D eigenvalue weighted by molar-refractivity contribution is -0.697. The highest BCUT2D eigenvalue weighted by molar-refractivity contribution is 4.83. The Morgan fingerprint density at radius 1 is 0.933 bits per heavy atom. The van der Waals surface area contributed by atoms with Crippen molar-refractivity contribution in [3.8, 4) is 0 Å². The number of halogens is 1. The quantitative estimate of drug-likeness (QED) is 0.483. The summed E-state index contributed by atoms with van der Waals surface area (Å²) in [4.78, 5) is 0. The molecule has 0 bridgehead atoms. The zero-order valence-corrected chi connectivity index (χ0v) is 10.6. The van der Waals surface area contributed by atoms with E-state index in [1.807, 2.05) is 0 Å². The fourth-order valence-electron chi connectivity index (χ4n) is 1.61. The SMILES string of the molecule is CC(C)CCCCC[n+]1ccccc1.[Cl-]. The second kappa shape index (κ2) is 8.72. The smallest absolute Gasteiger partial charge is 0.168 e. The van der Waals surface area contributed by atoms with E-state index in [4.69, 9.17) is 0 Å². The van der Waals surface area contributed by atoms with Gasteiger partial charge in [-0.05, 0) is 12.3 Å². The summed E-state index contributed by atoms with van der Waals surface area (Å²) in [6, 6.07) is 6.25. The van der Waals surface area contributed by atoms with Crippen LogP contribution in [0.5, 0.6) is 0 Å². The summed E-state index contributed by atoms with van der Waals surface area (Å²) in [6.07, 6.45) is 9.71. The molecule has 0 atom stereocenters.